The van der Waals surface area contributed by atoms with Gasteiger partial charge in [0.15, 0.2) is 6.10 Å². The lowest BCUT2D eigenvalue weighted by Crippen LogP contribution is -2.52. The van der Waals surface area contributed by atoms with Crippen molar-refractivity contribution in [3.63, 3.8) is 0 Å². The second kappa shape index (κ2) is 9.84. The molecule has 0 saturated carbocycles. The highest BCUT2D eigenvalue weighted by atomic mass is 19.3. The Hall–Kier alpha value is -3.36. The van der Waals surface area contributed by atoms with E-state index < -0.39 is 18.6 Å². The van der Waals surface area contributed by atoms with Gasteiger partial charge in [-0.1, -0.05) is 24.3 Å². The Morgan fingerprint density at radius 2 is 1.78 bits per heavy atom. The van der Waals surface area contributed by atoms with Gasteiger partial charge in [-0.15, -0.1) is 0 Å². The first kappa shape index (κ1) is 21.9. The highest BCUT2D eigenvalue weighted by Gasteiger charge is 2.34. The third kappa shape index (κ3) is 5.09. The zero-order valence-electron chi connectivity index (χ0n) is 17.5. The number of anilines is 2. The van der Waals surface area contributed by atoms with Crippen LogP contribution in [0.15, 0.2) is 48.5 Å². The number of amides is 2. The molecule has 0 spiro atoms. The molecule has 0 radical (unpaired) electrons. The molecule has 170 valence electrons. The van der Waals surface area contributed by atoms with Gasteiger partial charge in [-0.25, -0.2) is 0 Å². The van der Waals surface area contributed by atoms with Gasteiger partial charge in [0.25, 0.3) is 5.91 Å². The zero-order valence-corrected chi connectivity index (χ0v) is 17.5. The molecule has 2 aromatic rings. The Morgan fingerprint density at radius 1 is 1.06 bits per heavy atom. The quantitative estimate of drug-likeness (QED) is 0.737. The lowest BCUT2D eigenvalue weighted by atomic mass is 10.1. The van der Waals surface area contributed by atoms with Crippen molar-refractivity contribution in [2.75, 3.05) is 36.4 Å². The van der Waals surface area contributed by atoms with E-state index in [0.29, 0.717) is 24.5 Å². The number of carbonyl (C=O) groups is 2. The fourth-order valence-electron chi connectivity index (χ4n) is 4.04. The van der Waals surface area contributed by atoms with Crippen molar-refractivity contribution in [3.05, 3.63) is 48.5 Å². The third-order valence-corrected chi connectivity index (χ3v) is 5.52. The SMILES string of the molecule is O=C(CN1CC(C(=O)N2CCCCC2)Oc2ccccc21)Nc1ccccc1OC(F)F. The summed E-state index contributed by atoms with van der Waals surface area (Å²) in [6.07, 6.45) is 2.34. The van der Waals surface area contributed by atoms with Crippen LogP contribution in [-0.4, -0.2) is 55.6 Å². The monoisotopic (exact) mass is 445 g/mol. The van der Waals surface area contributed by atoms with Gasteiger partial charge in [0.2, 0.25) is 5.91 Å². The third-order valence-electron chi connectivity index (χ3n) is 5.52. The number of carbonyl (C=O) groups excluding carboxylic acids is 2. The number of halogens is 2. The van der Waals surface area contributed by atoms with Gasteiger partial charge in [-0.2, -0.15) is 8.78 Å². The highest BCUT2D eigenvalue weighted by molar-refractivity contribution is 5.96. The highest BCUT2D eigenvalue weighted by Crippen LogP contribution is 2.34. The molecule has 0 bridgehead atoms. The Bertz CT molecular complexity index is 966. The Morgan fingerprint density at radius 3 is 2.56 bits per heavy atom. The second-order valence-electron chi connectivity index (χ2n) is 7.76. The lowest BCUT2D eigenvalue weighted by molar-refractivity contribution is -0.139. The van der Waals surface area contributed by atoms with Crippen molar-refractivity contribution < 1.29 is 27.8 Å². The first-order valence-corrected chi connectivity index (χ1v) is 10.6. The molecular weight excluding hydrogens is 420 g/mol. The van der Waals surface area contributed by atoms with Crippen LogP contribution in [0.5, 0.6) is 11.5 Å². The van der Waals surface area contributed by atoms with Gasteiger partial charge < -0.3 is 24.6 Å². The first-order valence-electron chi connectivity index (χ1n) is 10.6. The Balaban J connectivity index is 1.48. The number of nitrogens with one attached hydrogen (secondary N) is 1. The summed E-state index contributed by atoms with van der Waals surface area (Å²) in [6, 6.07) is 13.2. The maximum absolute atomic E-state index is 13.0. The largest absolute Gasteiger partial charge is 0.477 e. The van der Waals surface area contributed by atoms with Gasteiger partial charge in [0, 0.05) is 13.1 Å². The van der Waals surface area contributed by atoms with E-state index >= 15 is 0 Å². The maximum atomic E-state index is 13.0. The first-order chi connectivity index (χ1) is 15.5. The fraction of sp³-hybridized carbons (Fsp3) is 0.391. The van der Waals surface area contributed by atoms with E-state index in [4.69, 9.17) is 4.74 Å². The zero-order chi connectivity index (χ0) is 22.5. The molecule has 2 aliphatic heterocycles. The van der Waals surface area contributed by atoms with E-state index in [2.05, 4.69) is 10.1 Å². The molecule has 0 aromatic heterocycles. The van der Waals surface area contributed by atoms with Crippen molar-refractivity contribution in [2.45, 2.75) is 32.0 Å². The van der Waals surface area contributed by atoms with Crippen molar-refractivity contribution >= 4 is 23.2 Å². The minimum absolute atomic E-state index is 0.0762. The van der Waals surface area contributed by atoms with Crippen LogP contribution in [0.1, 0.15) is 19.3 Å². The molecule has 1 N–H and O–H groups in total. The number of hydrogen-bond acceptors (Lipinski definition) is 5. The van der Waals surface area contributed by atoms with E-state index in [9.17, 15) is 18.4 Å². The Kier molecular flexibility index (Phi) is 6.72. The number of hydrogen-bond donors (Lipinski definition) is 1. The van der Waals surface area contributed by atoms with Crippen LogP contribution >= 0.6 is 0 Å². The van der Waals surface area contributed by atoms with Crippen LogP contribution in [0.4, 0.5) is 20.2 Å². The number of benzene rings is 2. The van der Waals surface area contributed by atoms with Gasteiger partial charge in [0.05, 0.1) is 24.5 Å². The number of fused-ring (bicyclic) bond motifs is 1. The molecule has 9 heteroatoms. The van der Waals surface area contributed by atoms with Crippen LogP contribution in [-0.2, 0) is 9.59 Å². The van der Waals surface area contributed by atoms with E-state index in [1.165, 1.54) is 12.1 Å². The summed E-state index contributed by atoms with van der Waals surface area (Å²) in [7, 11) is 0. The summed E-state index contributed by atoms with van der Waals surface area (Å²) in [5.74, 6) is -0.0868. The van der Waals surface area contributed by atoms with Crippen LogP contribution in [0.3, 0.4) is 0 Å². The molecule has 0 aliphatic carbocycles. The van der Waals surface area contributed by atoms with Gasteiger partial charge in [-0.05, 0) is 43.5 Å². The molecule has 32 heavy (non-hydrogen) atoms. The molecule has 2 heterocycles. The number of likely N-dealkylation sites (tertiary alicyclic amines) is 1. The van der Waals surface area contributed by atoms with E-state index in [1.807, 2.05) is 23.1 Å². The minimum Gasteiger partial charge on any atom is -0.477 e. The van der Waals surface area contributed by atoms with Crippen molar-refractivity contribution in [1.82, 2.24) is 4.90 Å². The van der Waals surface area contributed by atoms with E-state index in [0.717, 1.165) is 19.3 Å². The molecule has 1 unspecified atom stereocenters. The van der Waals surface area contributed by atoms with Crippen LogP contribution < -0.4 is 19.7 Å². The average Bonchev–Trinajstić information content (AvgIpc) is 2.80. The van der Waals surface area contributed by atoms with Crippen LogP contribution in [0, 0.1) is 0 Å². The molecule has 2 aliphatic rings. The number of piperidine rings is 1. The van der Waals surface area contributed by atoms with Gasteiger partial charge in [-0.3, -0.25) is 9.59 Å². The molecular formula is C23H25F2N3O4. The molecule has 2 aromatic carbocycles. The second-order valence-corrected chi connectivity index (χ2v) is 7.76. The van der Waals surface area contributed by atoms with Gasteiger partial charge in [0.1, 0.15) is 11.5 Å². The molecule has 1 atom stereocenters. The maximum Gasteiger partial charge on any atom is 0.387 e. The van der Waals surface area contributed by atoms with Crippen molar-refractivity contribution in [1.29, 1.82) is 0 Å². The normalized spacial score (nSPS) is 18.0. The molecule has 4 rings (SSSR count). The molecule has 2 amide bonds. The number of rotatable bonds is 6. The van der Waals surface area contributed by atoms with Crippen molar-refractivity contribution in [2.24, 2.45) is 0 Å². The number of alkyl halides is 2. The predicted molar refractivity (Wildman–Crippen MR) is 115 cm³/mol. The molecule has 7 nitrogen and oxygen atoms in total. The summed E-state index contributed by atoms with van der Waals surface area (Å²) in [4.78, 5) is 29.4. The molecule has 1 saturated heterocycles. The van der Waals surface area contributed by atoms with Gasteiger partial charge >= 0.3 is 6.61 Å². The number of para-hydroxylation sites is 4. The standard InChI is InChI=1S/C23H25F2N3O4/c24-23(25)32-18-10-4-2-8-16(18)26-21(29)15-28-14-20(22(30)27-12-6-1-7-13-27)31-19-11-5-3-9-17(19)28/h2-5,8-11,20,23H,1,6-7,12-15H2,(H,26,29). The van der Waals surface area contributed by atoms with Crippen molar-refractivity contribution in [3.8, 4) is 11.5 Å². The number of nitrogens with zero attached hydrogens (tertiary/aromatic N) is 2. The topological polar surface area (TPSA) is 71.1 Å². The fourth-order valence-corrected chi connectivity index (χ4v) is 4.04. The molecule has 1 fully saturated rings. The Labute approximate surface area is 184 Å². The number of ether oxygens (including phenoxy) is 2. The average molecular weight is 445 g/mol. The summed E-state index contributed by atoms with van der Waals surface area (Å²) in [5.41, 5.74) is 0.850. The lowest BCUT2D eigenvalue weighted by Gasteiger charge is -2.38. The van der Waals surface area contributed by atoms with E-state index in [-0.39, 0.29) is 30.4 Å². The summed E-state index contributed by atoms with van der Waals surface area (Å²) < 4.78 is 35.8. The van der Waals surface area contributed by atoms with E-state index in [1.54, 1.807) is 23.1 Å². The predicted octanol–water partition coefficient (Wildman–Crippen LogP) is 3.51. The summed E-state index contributed by atoms with van der Waals surface area (Å²) in [5, 5.41) is 2.63. The van der Waals surface area contributed by atoms with Crippen LogP contribution in [0.2, 0.25) is 0 Å². The smallest absolute Gasteiger partial charge is 0.387 e. The van der Waals surface area contributed by atoms with Crippen LogP contribution in [0.25, 0.3) is 0 Å². The summed E-state index contributed by atoms with van der Waals surface area (Å²) in [6.45, 7) is -1.44. The summed E-state index contributed by atoms with van der Waals surface area (Å²) >= 11 is 0. The minimum atomic E-state index is -3.00.